The Hall–Kier alpha value is -1.11. The third-order valence-corrected chi connectivity index (χ3v) is 4.48. The van der Waals surface area contributed by atoms with E-state index in [1.165, 1.54) is 29.8 Å². The minimum Gasteiger partial charge on any atom is -0.220 e. The predicted molar refractivity (Wildman–Crippen MR) is 71.0 cm³/mol. The van der Waals surface area contributed by atoms with Crippen LogP contribution in [0.5, 0.6) is 0 Å². The fourth-order valence-corrected chi connectivity index (χ4v) is 3.70. The lowest BCUT2D eigenvalue weighted by molar-refractivity contribution is 0.609. The summed E-state index contributed by atoms with van der Waals surface area (Å²) in [5, 5.41) is 3.91. The summed E-state index contributed by atoms with van der Waals surface area (Å²) in [6.45, 7) is 3.15. The summed E-state index contributed by atoms with van der Waals surface area (Å²) in [5.41, 5.74) is 1.24. The topological polar surface area (TPSA) is 52.0 Å². The van der Waals surface area contributed by atoms with Gasteiger partial charge in [-0.25, -0.2) is 17.5 Å². The molecule has 0 aliphatic carbocycles. The molecule has 0 N–H and O–H groups in total. The van der Waals surface area contributed by atoms with E-state index >= 15 is 0 Å². The maximum atomic E-state index is 13.1. The van der Waals surface area contributed by atoms with E-state index in [2.05, 4.69) is 5.10 Å². The van der Waals surface area contributed by atoms with Crippen LogP contribution in [0.2, 0.25) is 5.15 Å². The van der Waals surface area contributed by atoms with Crippen LogP contribution in [-0.2, 0) is 9.05 Å². The van der Waals surface area contributed by atoms with Gasteiger partial charge in [0.25, 0.3) is 9.05 Å². The van der Waals surface area contributed by atoms with E-state index in [0.717, 1.165) is 0 Å². The highest BCUT2D eigenvalue weighted by Gasteiger charge is 2.25. The smallest absolute Gasteiger partial charge is 0.220 e. The maximum absolute atomic E-state index is 13.1. The molecule has 0 radical (unpaired) electrons. The lowest BCUT2D eigenvalue weighted by Crippen LogP contribution is -2.00. The molecule has 0 atom stereocenters. The molecule has 1 aromatic heterocycles. The molecule has 0 amide bonds. The van der Waals surface area contributed by atoms with Gasteiger partial charge in [-0.05, 0) is 37.6 Å². The second-order valence-corrected chi connectivity index (χ2v) is 6.85. The highest BCUT2D eigenvalue weighted by Crippen LogP contribution is 2.30. The highest BCUT2D eigenvalue weighted by atomic mass is 35.7. The van der Waals surface area contributed by atoms with Gasteiger partial charge in [-0.2, -0.15) is 5.10 Å². The molecule has 1 heterocycles. The van der Waals surface area contributed by atoms with Crippen LogP contribution in [0.15, 0.2) is 23.1 Å². The van der Waals surface area contributed by atoms with Gasteiger partial charge in [0.1, 0.15) is 10.7 Å². The minimum absolute atomic E-state index is 0.123. The van der Waals surface area contributed by atoms with Crippen molar-refractivity contribution in [3.63, 3.8) is 0 Å². The van der Waals surface area contributed by atoms with Crippen molar-refractivity contribution in [3.05, 3.63) is 40.4 Å². The molecule has 0 bridgehead atoms. The van der Waals surface area contributed by atoms with Crippen LogP contribution in [0.1, 0.15) is 11.3 Å². The summed E-state index contributed by atoms with van der Waals surface area (Å²) < 4.78 is 37.1. The van der Waals surface area contributed by atoms with Crippen molar-refractivity contribution in [2.75, 3.05) is 0 Å². The molecule has 1 aromatic carbocycles. The number of rotatable bonds is 2. The van der Waals surface area contributed by atoms with Gasteiger partial charge in [-0.15, -0.1) is 0 Å². The third kappa shape index (κ3) is 2.61. The number of nitrogens with zero attached hydrogens (tertiary/aromatic N) is 2. The van der Waals surface area contributed by atoms with E-state index in [1.54, 1.807) is 6.92 Å². The molecule has 0 saturated carbocycles. The molecule has 0 saturated heterocycles. The quantitative estimate of drug-likeness (QED) is 0.798. The van der Waals surface area contributed by atoms with Crippen molar-refractivity contribution in [2.45, 2.75) is 18.7 Å². The summed E-state index contributed by atoms with van der Waals surface area (Å²) in [7, 11) is 1.32. The van der Waals surface area contributed by atoms with Gasteiger partial charge in [-0.3, -0.25) is 0 Å². The van der Waals surface area contributed by atoms with Crippen LogP contribution >= 0.6 is 22.3 Å². The van der Waals surface area contributed by atoms with Crippen molar-refractivity contribution in [1.82, 2.24) is 9.78 Å². The first-order chi connectivity index (χ1) is 8.71. The number of hydrogen-bond donors (Lipinski definition) is 0. The Morgan fingerprint density at radius 2 is 1.95 bits per heavy atom. The zero-order chi connectivity index (χ0) is 14.4. The van der Waals surface area contributed by atoms with Gasteiger partial charge in [-0.1, -0.05) is 11.6 Å². The molecule has 2 rings (SSSR count). The number of benzene rings is 1. The van der Waals surface area contributed by atoms with E-state index in [9.17, 15) is 12.8 Å². The average Bonchev–Trinajstić information content (AvgIpc) is 2.53. The Bertz CT molecular complexity index is 756. The summed E-state index contributed by atoms with van der Waals surface area (Å²) in [5.74, 6) is -0.397. The lowest BCUT2D eigenvalue weighted by atomic mass is 10.2. The SMILES string of the molecule is Cc1cc(F)ccc1-n1nc(C)c(S(=O)(=O)Cl)c1Cl. The Balaban J connectivity index is 2.72. The monoisotopic (exact) mass is 322 g/mol. The number of aromatic nitrogens is 2. The fourth-order valence-electron chi connectivity index (χ4n) is 1.78. The van der Waals surface area contributed by atoms with Crippen molar-refractivity contribution in [1.29, 1.82) is 0 Å². The summed E-state index contributed by atoms with van der Waals surface area (Å²) in [6, 6.07) is 4.01. The summed E-state index contributed by atoms with van der Waals surface area (Å²) in [4.78, 5) is -0.237. The Morgan fingerprint density at radius 3 is 2.42 bits per heavy atom. The van der Waals surface area contributed by atoms with Crippen LogP contribution < -0.4 is 0 Å². The molecule has 0 fully saturated rings. The molecule has 4 nitrogen and oxygen atoms in total. The Labute approximate surface area is 119 Å². The van der Waals surface area contributed by atoms with Gasteiger partial charge < -0.3 is 0 Å². The van der Waals surface area contributed by atoms with Gasteiger partial charge in [0, 0.05) is 10.7 Å². The van der Waals surface area contributed by atoms with Crippen LogP contribution in [0, 0.1) is 19.7 Å². The minimum atomic E-state index is -3.99. The molecule has 8 heteroatoms. The van der Waals surface area contributed by atoms with Crippen LogP contribution in [0.3, 0.4) is 0 Å². The first-order valence-electron chi connectivity index (χ1n) is 5.18. The standard InChI is InChI=1S/C11H9Cl2FN2O2S/c1-6-5-8(14)3-4-9(6)16-11(12)10(7(2)15-16)19(13,17)18/h3-5H,1-2H3. The molecule has 0 aliphatic rings. The van der Waals surface area contributed by atoms with Crippen LogP contribution in [0.4, 0.5) is 4.39 Å². The first-order valence-corrected chi connectivity index (χ1v) is 7.87. The molecular formula is C11H9Cl2FN2O2S. The zero-order valence-corrected chi connectivity index (χ0v) is 12.3. The molecule has 2 aromatic rings. The zero-order valence-electron chi connectivity index (χ0n) is 9.99. The van der Waals surface area contributed by atoms with Gasteiger partial charge in [0.2, 0.25) is 0 Å². The first kappa shape index (κ1) is 14.3. The average molecular weight is 323 g/mol. The van der Waals surface area contributed by atoms with Crippen LogP contribution in [0.25, 0.3) is 5.69 Å². The Morgan fingerprint density at radius 1 is 1.32 bits per heavy atom. The lowest BCUT2D eigenvalue weighted by Gasteiger charge is -2.07. The van der Waals surface area contributed by atoms with E-state index in [4.69, 9.17) is 22.3 Å². The predicted octanol–water partition coefficient (Wildman–Crippen LogP) is 3.21. The molecule has 19 heavy (non-hydrogen) atoms. The largest absolute Gasteiger partial charge is 0.266 e. The molecule has 0 spiro atoms. The summed E-state index contributed by atoms with van der Waals surface area (Å²) in [6.07, 6.45) is 0. The normalized spacial score (nSPS) is 11.8. The molecule has 0 unspecified atom stereocenters. The van der Waals surface area contributed by atoms with Gasteiger partial charge >= 0.3 is 0 Å². The number of aryl methyl sites for hydroxylation is 2. The van der Waals surface area contributed by atoms with E-state index < -0.39 is 14.9 Å². The van der Waals surface area contributed by atoms with Crippen molar-refractivity contribution in [3.8, 4) is 5.69 Å². The van der Waals surface area contributed by atoms with Crippen molar-refractivity contribution < 1.29 is 12.8 Å². The maximum Gasteiger partial charge on any atom is 0.266 e. The van der Waals surface area contributed by atoms with Crippen molar-refractivity contribution in [2.24, 2.45) is 0 Å². The molecule has 0 aliphatic heterocycles. The third-order valence-electron chi connectivity index (χ3n) is 2.58. The second kappa shape index (κ2) is 4.77. The van der Waals surface area contributed by atoms with Crippen molar-refractivity contribution >= 4 is 31.3 Å². The number of halogens is 3. The summed E-state index contributed by atoms with van der Waals surface area (Å²) >= 11 is 6.00. The number of hydrogen-bond acceptors (Lipinski definition) is 3. The van der Waals surface area contributed by atoms with Gasteiger partial charge in [0.15, 0.2) is 5.15 Å². The van der Waals surface area contributed by atoms with E-state index in [0.29, 0.717) is 11.3 Å². The van der Waals surface area contributed by atoms with Crippen LogP contribution in [-0.4, -0.2) is 18.2 Å². The second-order valence-electron chi connectivity index (χ2n) is 3.99. The molecule has 102 valence electrons. The van der Waals surface area contributed by atoms with Gasteiger partial charge in [0.05, 0.1) is 11.4 Å². The Kier molecular flexibility index (Phi) is 3.59. The van der Waals surface area contributed by atoms with E-state index in [1.807, 2.05) is 0 Å². The molecular weight excluding hydrogens is 314 g/mol. The fraction of sp³-hybridized carbons (Fsp3) is 0.182. The van der Waals surface area contributed by atoms with E-state index in [-0.39, 0.29) is 15.7 Å². The highest BCUT2D eigenvalue weighted by molar-refractivity contribution is 8.13.